The summed E-state index contributed by atoms with van der Waals surface area (Å²) in [6, 6.07) is 1.37. The Bertz CT molecular complexity index is 302. The molecule has 0 spiro atoms. The lowest BCUT2D eigenvalue weighted by molar-refractivity contribution is 0.326. The number of rotatable bonds is 4. The molecule has 0 aromatic carbocycles. The van der Waals surface area contributed by atoms with Crippen LogP contribution in [0.1, 0.15) is 31.2 Å². The van der Waals surface area contributed by atoms with Gasteiger partial charge >= 0.3 is 0 Å². The van der Waals surface area contributed by atoms with E-state index in [4.69, 9.17) is 0 Å². The van der Waals surface area contributed by atoms with Crippen LogP contribution in [-0.4, -0.2) is 42.1 Å². The first-order valence-electron chi connectivity index (χ1n) is 6.00. The number of nitrogens with one attached hydrogen (secondary N) is 1. The summed E-state index contributed by atoms with van der Waals surface area (Å²) in [7, 11) is 2.20. The average molecular weight is 239 g/mol. The van der Waals surface area contributed by atoms with Crippen molar-refractivity contribution in [2.75, 3.05) is 20.1 Å². The molecule has 3 atom stereocenters. The minimum Gasteiger partial charge on any atom is -0.312 e. The van der Waals surface area contributed by atoms with E-state index in [9.17, 15) is 0 Å². The van der Waals surface area contributed by atoms with Crippen molar-refractivity contribution in [1.29, 1.82) is 0 Å². The van der Waals surface area contributed by atoms with Crippen molar-refractivity contribution in [1.82, 2.24) is 15.2 Å². The maximum Gasteiger partial charge on any atom is 0.0965 e. The highest BCUT2D eigenvalue weighted by molar-refractivity contribution is 7.09. The molecule has 4 heteroatoms. The van der Waals surface area contributed by atoms with Crippen LogP contribution in [0, 0.1) is 0 Å². The second kappa shape index (κ2) is 5.25. The molecule has 90 valence electrons. The van der Waals surface area contributed by atoms with Crippen molar-refractivity contribution < 1.29 is 0 Å². The average Bonchev–Trinajstić information content (AvgIpc) is 2.86. The highest BCUT2D eigenvalue weighted by atomic mass is 32.1. The molecular weight excluding hydrogens is 218 g/mol. The van der Waals surface area contributed by atoms with E-state index in [2.05, 4.69) is 41.5 Å². The lowest BCUT2D eigenvalue weighted by Gasteiger charge is -2.15. The molecule has 1 aliphatic rings. The van der Waals surface area contributed by atoms with E-state index in [1.54, 1.807) is 11.3 Å². The summed E-state index contributed by atoms with van der Waals surface area (Å²) < 4.78 is 0. The van der Waals surface area contributed by atoms with Crippen LogP contribution in [0.25, 0.3) is 0 Å². The van der Waals surface area contributed by atoms with Crippen LogP contribution in [0.3, 0.4) is 0 Å². The quantitative estimate of drug-likeness (QED) is 0.870. The van der Waals surface area contributed by atoms with Gasteiger partial charge in [0, 0.05) is 42.7 Å². The maximum atomic E-state index is 4.36. The highest BCUT2D eigenvalue weighted by Gasteiger charge is 2.25. The molecule has 0 bridgehead atoms. The first-order chi connectivity index (χ1) is 7.66. The van der Waals surface area contributed by atoms with Crippen LogP contribution in [0.15, 0.2) is 11.6 Å². The van der Waals surface area contributed by atoms with Gasteiger partial charge < -0.3 is 10.2 Å². The van der Waals surface area contributed by atoms with Gasteiger partial charge in [0.15, 0.2) is 0 Å². The van der Waals surface area contributed by atoms with E-state index < -0.39 is 0 Å². The van der Waals surface area contributed by atoms with Gasteiger partial charge in [0.25, 0.3) is 0 Å². The lowest BCUT2D eigenvalue weighted by Crippen LogP contribution is -2.34. The van der Waals surface area contributed by atoms with Gasteiger partial charge in [-0.05, 0) is 20.4 Å². The zero-order valence-corrected chi connectivity index (χ0v) is 11.1. The van der Waals surface area contributed by atoms with Crippen molar-refractivity contribution in [3.8, 4) is 0 Å². The number of thiazole rings is 1. The molecular formula is C12H21N3S. The first kappa shape index (κ1) is 12.0. The van der Waals surface area contributed by atoms with Crippen molar-refractivity contribution in [2.45, 2.75) is 38.3 Å². The molecule has 3 unspecified atom stereocenters. The van der Waals surface area contributed by atoms with Gasteiger partial charge in [0.05, 0.1) is 5.01 Å². The summed E-state index contributed by atoms with van der Waals surface area (Å²) in [6.45, 7) is 6.75. The summed E-state index contributed by atoms with van der Waals surface area (Å²) in [5, 5.41) is 6.95. The lowest BCUT2D eigenvalue weighted by atomic mass is 10.1. The Morgan fingerprint density at radius 3 is 3.06 bits per heavy atom. The van der Waals surface area contributed by atoms with Crippen molar-refractivity contribution in [3.63, 3.8) is 0 Å². The van der Waals surface area contributed by atoms with E-state index in [-0.39, 0.29) is 0 Å². The third kappa shape index (κ3) is 2.81. The molecule has 2 heterocycles. The second-order valence-electron chi connectivity index (χ2n) is 4.90. The zero-order valence-electron chi connectivity index (χ0n) is 10.3. The van der Waals surface area contributed by atoms with Crippen LogP contribution in [0.4, 0.5) is 0 Å². The molecule has 3 nitrogen and oxygen atoms in total. The molecule has 0 amide bonds. The van der Waals surface area contributed by atoms with Gasteiger partial charge in [-0.25, -0.2) is 4.98 Å². The van der Waals surface area contributed by atoms with Gasteiger partial charge in [0.1, 0.15) is 0 Å². The SMILES string of the molecule is CC(CNC1CC(C)N(C)C1)c1nccs1. The Labute approximate surface area is 102 Å². The van der Waals surface area contributed by atoms with E-state index in [0.717, 1.165) is 6.54 Å². The fourth-order valence-electron chi connectivity index (χ4n) is 2.25. The fourth-order valence-corrected chi connectivity index (χ4v) is 2.95. The normalized spacial score (nSPS) is 28.4. The van der Waals surface area contributed by atoms with Gasteiger partial charge in [-0.1, -0.05) is 6.92 Å². The van der Waals surface area contributed by atoms with Crippen LogP contribution < -0.4 is 5.32 Å². The second-order valence-corrected chi connectivity index (χ2v) is 5.83. The van der Waals surface area contributed by atoms with Gasteiger partial charge in [-0.15, -0.1) is 11.3 Å². The molecule has 0 saturated carbocycles. The van der Waals surface area contributed by atoms with E-state index in [0.29, 0.717) is 18.0 Å². The third-order valence-electron chi connectivity index (χ3n) is 3.47. The van der Waals surface area contributed by atoms with Crippen LogP contribution in [0.2, 0.25) is 0 Å². The topological polar surface area (TPSA) is 28.2 Å². The Balaban J connectivity index is 1.76. The number of nitrogens with zero attached hydrogens (tertiary/aromatic N) is 2. The minimum atomic E-state index is 0.529. The Morgan fingerprint density at radius 1 is 1.69 bits per heavy atom. The predicted octanol–water partition coefficient (Wildman–Crippen LogP) is 1.93. The largest absolute Gasteiger partial charge is 0.312 e. The van der Waals surface area contributed by atoms with Crippen molar-refractivity contribution in [2.24, 2.45) is 0 Å². The van der Waals surface area contributed by atoms with Crippen LogP contribution >= 0.6 is 11.3 Å². The van der Waals surface area contributed by atoms with Gasteiger partial charge in [0.2, 0.25) is 0 Å². The molecule has 1 saturated heterocycles. The standard InChI is InChI=1S/C12H21N3S/c1-9(12-13-4-5-16-12)7-14-11-6-10(2)15(3)8-11/h4-5,9-11,14H,6-8H2,1-3H3. The molecule has 1 aliphatic heterocycles. The summed E-state index contributed by atoms with van der Waals surface area (Å²) in [6.07, 6.45) is 3.16. The van der Waals surface area contributed by atoms with Gasteiger partial charge in [-0.2, -0.15) is 0 Å². The number of hydrogen-bond acceptors (Lipinski definition) is 4. The number of likely N-dealkylation sites (tertiary alicyclic amines) is 1. The van der Waals surface area contributed by atoms with Crippen LogP contribution in [-0.2, 0) is 0 Å². The van der Waals surface area contributed by atoms with Gasteiger partial charge in [-0.3, -0.25) is 0 Å². The van der Waals surface area contributed by atoms with Crippen LogP contribution in [0.5, 0.6) is 0 Å². The van der Waals surface area contributed by atoms with E-state index in [1.807, 2.05) is 6.20 Å². The zero-order chi connectivity index (χ0) is 11.5. The molecule has 1 fully saturated rings. The highest BCUT2D eigenvalue weighted by Crippen LogP contribution is 2.19. The number of hydrogen-bond donors (Lipinski definition) is 1. The first-order valence-corrected chi connectivity index (χ1v) is 6.87. The molecule has 16 heavy (non-hydrogen) atoms. The summed E-state index contributed by atoms with van der Waals surface area (Å²) in [5.41, 5.74) is 0. The monoisotopic (exact) mass is 239 g/mol. The molecule has 0 aliphatic carbocycles. The number of likely N-dealkylation sites (N-methyl/N-ethyl adjacent to an activating group) is 1. The minimum absolute atomic E-state index is 0.529. The number of aromatic nitrogens is 1. The molecule has 1 aromatic rings. The van der Waals surface area contributed by atoms with E-state index in [1.165, 1.54) is 18.0 Å². The third-order valence-corrected chi connectivity index (χ3v) is 4.48. The van der Waals surface area contributed by atoms with Crippen molar-refractivity contribution >= 4 is 11.3 Å². The Hall–Kier alpha value is -0.450. The van der Waals surface area contributed by atoms with E-state index >= 15 is 0 Å². The van der Waals surface area contributed by atoms with Crippen molar-refractivity contribution in [3.05, 3.63) is 16.6 Å². The Kier molecular flexibility index (Phi) is 3.95. The fraction of sp³-hybridized carbons (Fsp3) is 0.750. The predicted molar refractivity (Wildman–Crippen MR) is 69.0 cm³/mol. The summed E-state index contributed by atoms with van der Waals surface area (Å²) in [5.74, 6) is 0.529. The maximum absolute atomic E-state index is 4.36. The molecule has 0 radical (unpaired) electrons. The summed E-state index contributed by atoms with van der Waals surface area (Å²) >= 11 is 1.75. The molecule has 1 N–H and O–H groups in total. The smallest absolute Gasteiger partial charge is 0.0965 e. The Morgan fingerprint density at radius 2 is 2.50 bits per heavy atom. The molecule has 2 rings (SSSR count). The summed E-state index contributed by atoms with van der Waals surface area (Å²) in [4.78, 5) is 6.78. The molecule has 1 aromatic heterocycles.